The van der Waals surface area contributed by atoms with Crippen molar-refractivity contribution in [2.24, 2.45) is 0 Å². The molecule has 1 aromatic carbocycles. The zero-order valence-electron chi connectivity index (χ0n) is 13.2. The minimum atomic E-state index is 0.206. The Balaban J connectivity index is 1.71. The van der Waals surface area contributed by atoms with E-state index in [9.17, 15) is 0 Å². The molecule has 0 aliphatic carbocycles. The Kier molecular flexibility index (Phi) is 4.52. The number of methoxy groups -OCH3 is 1. The van der Waals surface area contributed by atoms with Crippen molar-refractivity contribution in [3.63, 3.8) is 0 Å². The molecule has 4 nitrogen and oxygen atoms in total. The van der Waals surface area contributed by atoms with E-state index in [2.05, 4.69) is 34.3 Å². The van der Waals surface area contributed by atoms with Crippen LogP contribution in [0.4, 0.5) is 5.82 Å². The van der Waals surface area contributed by atoms with Crippen molar-refractivity contribution in [1.29, 1.82) is 0 Å². The van der Waals surface area contributed by atoms with Gasteiger partial charge in [-0.25, -0.2) is 9.97 Å². The molecule has 0 radical (unpaired) electrons. The van der Waals surface area contributed by atoms with Gasteiger partial charge >= 0.3 is 0 Å². The Morgan fingerprint density at radius 2 is 1.57 bits per heavy atom. The van der Waals surface area contributed by atoms with Gasteiger partial charge in [-0.1, -0.05) is 30.3 Å². The Morgan fingerprint density at radius 3 is 2.13 bits per heavy atom. The lowest BCUT2D eigenvalue weighted by atomic mass is 10.1. The summed E-state index contributed by atoms with van der Waals surface area (Å²) < 4.78 is 5.07. The van der Waals surface area contributed by atoms with Gasteiger partial charge in [-0.05, 0) is 30.7 Å². The molecule has 1 unspecified atom stereocenters. The number of nitrogens with one attached hydrogen (secondary N) is 1. The van der Waals surface area contributed by atoms with E-state index in [4.69, 9.17) is 4.74 Å². The number of nitrogens with zero attached hydrogens (tertiary/aromatic N) is 2. The first-order valence-corrected chi connectivity index (χ1v) is 7.54. The molecule has 2 heterocycles. The molecule has 1 atom stereocenters. The third-order valence-corrected chi connectivity index (χ3v) is 3.71. The second-order valence-corrected chi connectivity index (χ2v) is 5.30. The van der Waals surface area contributed by atoms with Crippen LogP contribution in [-0.4, -0.2) is 17.1 Å². The molecule has 0 saturated heterocycles. The summed E-state index contributed by atoms with van der Waals surface area (Å²) in [6, 6.07) is 18.4. The van der Waals surface area contributed by atoms with E-state index in [1.54, 1.807) is 13.3 Å². The highest BCUT2D eigenvalue weighted by Crippen LogP contribution is 2.22. The molecular weight excluding hydrogens is 286 g/mol. The Bertz CT molecular complexity index is 740. The van der Waals surface area contributed by atoms with Gasteiger partial charge in [0.05, 0.1) is 7.11 Å². The molecule has 0 amide bonds. The number of hydrogen-bond donors (Lipinski definition) is 1. The van der Waals surface area contributed by atoms with E-state index in [0.717, 1.165) is 16.9 Å². The van der Waals surface area contributed by atoms with Crippen LogP contribution in [0.2, 0.25) is 0 Å². The predicted octanol–water partition coefficient (Wildman–Crippen LogP) is 4.33. The number of benzene rings is 1. The lowest BCUT2D eigenvalue weighted by Crippen LogP contribution is -2.07. The second-order valence-electron chi connectivity index (χ2n) is 5.30. The number of anilines is 1. The van der Waals surface area contributed by atoms with Gasteiger partial charge in [-0.3, -0.25) is 0 Å². The fourth-order valence-corrected chi connectivity index (χ4v) is 2.37. The van der Waals surface area contributed by atoms with E-state index < -0.39 is 0 Å². The highest BCUT2D eigenvalue weighted by Gasteiger charge is 2.06. The molecule has 4 heteroatoms. The van der Waals surface area contributed by atoms with Crippen molar-refractivity contribution in [2.75, 3.05) is 12.4 Å². The van der Waals surface area contributed by atoms with Crippen LogP contribution >= 0.6 is 0 Å². The smallest absolute Gasteiger partial charge is 0.212 e. The predicted molar refractivity (Wildman–Crippen MR) is 92.5 cm³/mol. The average molecular weight is 305 g/mol. The number of ether oxygens (including phenoxy) is 1. The van der Waals surface area contributed by atoms with Crippen LogP contribution in [0.3, 0.4) is 0 Å². The molecule has 2 aromatic heterocycles. The molecule has 23 heavy (non-hydrogen) atoms. The summed E-state index contributed by atoms with van der Waals surface area (Å²) in [5.74, 6) is 1.46. The van der Waals surface area contributed by atoms with Crippen LogP contribution in [0.1, 0.15) is 18.5 Å². The fourth-order valence-electron chi connectivity index (χ4n) is 2.37. The molecule has 1 N–H and O–H groups in total. The van der Waals surface area contributed by atoms with Gasteiger partial charge in [0.2, 0.25) is 5.88 Å². The summed E-state index contributed by atoms with van der Waals surface area (Å²) in [5, 5.41) is 3.41. The van der Waals surface area contributed by atoms with Crippen molar-refractivity contribution in [3.8, 4) is 17.0 Å². The molecule has 116 valence electrons. The topological polar surface area (TPSA) is 47.0 Å². The van der Waals surface area contributed by atoms with Gasteiger partial charge in [-0.15, -0.1) is 0 Å². The molecule has 3 aromatic rings. The van der Waals surface area contributed by atoms with E-state index in [0.29, 0.717) is 5.88 Å². The highest BCUT2D eigenvalue weighted by atomic mass is 16.5. The fraction of sp³-hybridized carbons (Fsp3) is 0.158. The molecule has 0 spiro atoms. The highest BCUT2D eigenvalue weighted by molar-refractivity contribution is 5.63. The first kappa shape index (κ1) is 15.0. The largest absolute Gasteiger partial charge is 0.481 e. The maximum Gasteiger partial charge on any atom is 0.212 e. The van der Waals surface area contributed by atoms with E-state index in [1.165, 1.54) is 5.56 Å². The first-order chi connectivity index (χ1) is 11.3. The molecule has 0 fully saturated rings. The van der Waals surface area contributed by atoms with Crippen LogP contribution < -0.4 is 10.1 Å². The van der Waals surface area contributed by atoms with Crippen molar-refractivity contribution in [2.45, 2.75) is 13.0 Å². The summed E-state index contributed by atoms with van der Waals surface area (Å²) in [5.41, 5.74) is 3.27. The average Bonchev–Trinajstić information content (AvgIpc) is 2.63. The zero-order chi connectivity index (χ0) is 16.1. The summed E-state index contributed by atoms with van der Waals surface area (Å²) >= 11 is 0. The van der Waals surface area contributed by atoms with Crippen LogP contribution in [0.25, 0.3) is 11.1 Å². The van der Waals surface area contributed by atoms with Gasteiger partial charge in [0.25, 0.3) is 0 Å². The van der Waals surface area contributed by atoms with Crippen molar-refractivity contribution in [3.05, 3.63) is 72.6 Å². The van der Waals surface area contributed by atoms with Gasteiger partial charge < -0.3 is 10.1 Å². The number of pyridine rings is 2. The normalized spacial score (nSPS) is 11.7. The SMILES string of the molecule is COc1ccc(-c2ccc(NC(C)c3ccccc3)nc2)cn1. The lowest BCUT2D eigenvalue weighted by Gasteiger charge is -2.15. The summed E-state index contributed by atoms with van der Waals surface area (Å²) in [7, 11) is 1.61. The molecule has 0 aliphatic rings. The maximum absolute atomic E-state index is 5.07. The van der Waals surface area contributed by atoms with Crippen molar-refractivity contribution in [1.82, 2.24) is 9.97 Å². The van der Waals surface area contributed by atoms with E-state index in [-0.39, 0.29) is 6.04 Å². The first-order valence-electron chi connectivity index (χ1n) is 7.54. The van der Waals surface area contributed by atoms with Crippen molar-refractivity contribution >= 4 is 5.82 Å². The third kappa shape index (κ3) is 3.66. The van der Waals surface area contributed by atoms with E-state index in [1.807, 2.05) is 48.7 Å². The third-order valence-electron chi connectivity index (χ3n) is 3.71. The van der Waals surface area contributed by atoms with Crippen molar-refractivity contribution < 1.29 is 4.74 Å². The Hall–Kier alpha value is -2.88. The maximum atomic E-state index is 5.07. The molecule has 3 rings (SSSR count). The molecule has 0 saturated carbocycles. The minimum absolute atomic E-state index is 0.206. The van der Waals surface area contributed by atoms with Gasteiger partial charge in [-0.2, -0.15) is 0 Å². The summed E-state index contributed by atoms with van der Waals surface area (Å²) in [6.07, 6.45) is 3.64. The summed E-state index contributed by atoms with van der Waals surface area (Å²) in [6.45, 7) is 2.12. The quantitative estimate of drug-likeness (QED) is 0.762. The van der Waals surface area contributed by atoms with Crippen LogP contribution in [-0.2, 0) is 0 Å². The number of aromatic nitrogens is 2. The summed E-state index contributed by atoms with van der Waals surface area (Å²) in [4.78, 5) is 8.71. The molecular formula is C19H19N3O. The molecule has 0 bridgehead atoms. The number of rotatable bonds is 5. The van der Waals surface area contributed by atoms with E-state index >= 15 is 0 Å². The Morgan fingerprint density at radius 1 is 0.870 bits per heavy atom. The monoisotopic (exact) mass is 305 g/mol. The lowest BCUT2D eigenvalue weighted by molar-refractivity contribution is 0.398. The van der Waals surface area contributed by atoms with Crippen LogP contribution in [0.5, 0.6) is 5.88 Å². The van der Waals surface area contributed by atoms with Crippen LogP contribution in [0, 0.1) is 0 Å². The molecule has 0 aliphatic heterocycles. The second kappa shape index (κ2) is 6.92. The van der Waals surface area contributed by atoms with Gasteiger partial charge in [0.15, 0.2) is 0 Å². The minimum Gasteiger partial charge on any atom is -0.481 e. The Labute approximate surface area is 136 Å². The van der Waals surface area contributed by atoms with Gasteiger partial charge in [0.1, 0.15) is 5.82 Å². The standard InChI is InChI=1S/C19H19N3O/c1-14(15-6-4-3-5-7-15)22-18-10-8-16(12-20-18)17-9-11-19(23-2)21-13-17/h3-14H,1-2H3,(H,20,22). The zero-order valence-corrected chi connectivity index (χ0v) is 13.2. The van der Waals surface area contributed by atoms with Gasteiger partial charge in [0, 0.05) is 35.6 Å². The van der Waals surface area contributed by atoms with Crippen LogP contribution in [0.15, 0.2) is 67.0 Å². The number of hydrogen-bond acceptors (Lipinski definition) is 4.